The van der Waals surface area contributed by atoms with Crippen LogP contribution in [0.15, 0.2) is 47.5 Å². The lowest BCUT2D eigenvalue weighted by Gasteiger charge is -2.16. The van der Waals surface area contributed by atoms with Crippen molar-refractivity contribution in [1.29, 1.82) is 0 Å². The predicted octanol–water partition coefficient (Wildman–Crippen LogP) is 4.53. The Hall–Kier alpha value is -1.94. The van der Waals surface area contributed by atoms with E-state index in [0.717, 1.165) is 12.1 Å². The largest absolute Gasteiger partial charge is 0.434 e. The third-order valence-electron chi connectivity index (χ3n) is 4.24. The van der Waals surface area contributed by atoms with E-state index in [4.69, 9.17) is 0 Å². The molecule has 30 heavy (non-hydrogen) atoms. The highest BCUT2D eigenvalue weighted by Gasteiger charge is 2.10. The van der Waals surface area contributed by atoms with Gasteiger partial charge in [0.25, 0.3) is 0 Å². The van der Waals surface area contributed by atoms with Crippen LogP contribution in [-0.2, 0) is 19.6 Å². The number of alkyl halides is 2. The summed E-state index contributed by atoms with van der Waals surface area (Å²) in [5.74, 6) is 0.776. The molecule has 0 aliphatic rings. The summed E-state index contributed by atoms with van der Waals surface area (Å²) in [5.41, 5.74) is 4.01. The number of hydrogen-bond donors (Lipinski definition) is 2. The van der Waals surface area contributed by atoms with E-state index in [-0.39, 0.29) is 36.3 Å². The number of aliphatic imine (C=N–C) groups is 1. The van der Waals surface area contributed by atoms with Gasteiger partial charge in [0.15, 0.2) is 5.96 Å². The average Bonchev–Trinajstić information content (AvgIpc) is 2.66. The van der Waals surface area contributed by atoms with Gasteiger partial charge < -0.3 is 20.3 Å². The van der Waals surface area contributed by atoms with E-state index in [1.807, 2.05) is 46.1 Å². The van der Waals surface area contributed by atoms with E-state index in [1.165, 1.54) is 11.1 Å². The Kier molecular flexibility index (Phi) is 11.6. The molecule has 166 valence electrons. The lowest BCUT2D eigenvalue weighted by atomic mass is 10.1. The Morgan fingerprint density at radius 3 is 2.40 bits per heavy atom. The quantitative estimate of drug-likeness (QED) is 0.283. The van der Waals surface area contributed by atoms with Gasteiger partial charge in [0.05, 0.1) is 6.54 Å². The van der Waals surface area contributed by atoms with Crippen LogP contribution in [0.1, 0.15) is 29.2 Å². The van der Waals surface area contributed by atoms with E-state index in [2.05, 4.69) is 37.4 Å². The molecule has 0 heterocycles. The molecule has 0 fully saturated rings. The van der Waals surface area contributed by atoms with Gasteiger partial charge in [-0.2, -0.15) is 8.78 Å². The zero-order chi connectivity index (χ0) is 21.2. The molecule has 0 saturated heterocycles. The highest BCUT2D eigenvalue weighted by Crippen LogP contribution is 2.23. The number of ether oxygens (including phenoxy) is 1. The maximum Gasteiger partial charge on any atom is 0.387 e. The van der Waals surface area contributed by atoms with Crippen LogP contribution in [-0.4, -0.2) is 38.1 Å². The van der Waals surface area contributed by atoms with Crippen molar-refractivity contribution in [1.82, 2.24) is 15.5 Å². The predicted molar refractivity (Wildman–Crippen MR) is 129 cm³/mol. The van der Waals surface area contributed by atoms with Gasteiger partial charge in [0.1, 0.15) is 5.75 Å². The molecule has 8 heteroatoms. The minimum Gasteiger partial charge on any atom is -0.434 e. The molecule has 0 aliphatic carbocycles. The van der Waals surface area contributed by atoms with Crippen LogP contribution in [0.5, 0.6) is 5.75 Å². The highest BCUT2D eigenvalue weighted by atomic mass is 127. The van der Waals surface area contributed by atoms with Gasteiger partial charge in [-0.3, -0.25) is 0 Å². The van der Waals surface area contributed by atoms with Crippen LogP contribution < -0.4 is 15.4 Å². The molecule has 0 spiro atoms. The molecule has 2 N–H and O–H groups in total. The number of guanidine groups is 1. The molecule has 0 saturated carbocycles. The van der Waals surface area contributed by atoms with Crippen LogP contribution in [0.4, 0.5) is 8.78 Å². The maximum atomic E-state index is 12.7. The molecule has 2 aromatic carbocycles. The number of halogens is 3. The molecule has 2 aromatic rings. The molecule has 0 radical (unpaired) electrons. The third kappa shape index (κ3) is 8.83. The number of nitrogens with one attached hydrogen (secondary N) is 2. The number of rotatable bonds is 9. The van der Waals surface area contributed by atoms with Crippen LogP contribution in [0, 0.1) is 6.92 Å². The van der Waals surface area contributed by atoms with Crippen molar-refractivity contribution in [3.05, 3.63) is 64.7 Å². The third-order valence-corrected chi connectivity index (χ3v) is 4.24. The zero-order valence-electron chi connectivity index (χ0n) is 17.9. The minimum absolute atomic E-state index is 0. The second-order valence-electron chi connectivity index (χ2n) is 7.04. The molecular weight excluding hydrogens is 501 g/mol. The summed E-state index contributed by atoms with van der Waals surface area (Å²) in [6.45, 7) is 3.42. The smallest absolute Gasteiger partial charge is 0.387 e. The van der Waals surface area contributed by atoms with Crippen molar-refractivity contribution in [3.63, 3.8) is 0 Å². The summed E-state index contributed by atoms with van der Waals surface area (Å²) in [7, 11) is 4.08. The van der Waals surface area contributed by atoms with E-state index in [0.29, 0.717) is 24.6 Å². The van der Waals surface area contributed by atoms with Gasteiger partial charge in [0, 0.05) is 25.2 Å². The second kappa shape index (κ2) is 13.4. The van der Waals surface area contributed by atoms with Gasteiger partial charge in [0.2, 0.25) is 0 Å². The molecule has 0 aliphatic heterocycles. The Morgan fingerprint density at radius 1 is 1.07 bits per heavy atom. The summed E-state index contributed by atoms with van der Waals surface area (Å²) in [6, 6.07) is 13.4. The normalized spacial score (nSPS) is 11.4. The first-order valence-corrected chi connectivity index (χ1v) is 9.67. The monoisotopic (exact) mass is 532 g/mol. The van der Waals surface area contributed by atoms with Crippen molar-refractivity contribution in [3.8, 4) is 5.75 Å². The number of nitrogens with zero attached hydrogens (tertiary/aromatic N) is 2. The summed E-state index contributed by atoms with van der Waals surface area (Å²) in [5, 5.41) is 6.52. The summed E-state index contributed by atoms with van der Waals surface area (Å²) < 4.78 is 30.0. The van der Waals surface area contributed by atoms with Gasteiger partial charge >= 0.3 is 6.61 Å². The van der Waals surface area contributed by atoms with Crippen LogP contribution in [0.3, 0.4) is 0 Å². The SMILES string of the molecule is CCNC(=NCc1cc(C)ccc1OC(F)F)NCc1ccccc1CN(C)C.I. The van der Waals surface area contributed by atoms with E-state index in [9.17, 15) is 8.78 Å². The van der Waals surface area contributed by atoms with E-state index >= 15 is 0 Å². The van der Waals surface area contributed by atoms with Crippen molar-refractivity contribution >= 4 is 29.9 Å². The average molecular weight is 532 g/mol. The molecular formula is C22H31F2IN4O. The Morgan fingerprint density at radius 2 is 1.77 bits per heavy atom. The first-order valence-electron chi connectivity index (χ1n) is 9.67. The Bertz CT molecular complexity index is 815. The topological polar surface area (TPSA) is 48.9 Å². The summed E-state index contributed by atoms with van der Waals surface area (Å²) >= 11 is 0. The highest BCUT2D eigenvalue weighted by molar-refractivity contribution is 14.0. The number of aryl methyl sites for hydroxylation is 1. The fourth-order valence-corrected chi connectivity index (χ4v) is 2.95. The molecule has 5 nitrogen and oxygen atoms in total. The van der Waals surface area contributed by atoms with Gasteiger partial charge in [-0.15, -0.1) is 24.0 Å². The van der Waals surface area contributed by atoms with Crippen molar-refractivity contribution in [2.24, 2.45) is 4.99 Å². The van der Waals surface area contributed by atoms with Crippen molar-refractivity contribution < 1.29 is 13.5 Å². The van der Waals surface area contributed by atoms with Gasteiger partial charge in [-0.25, -0.2) is 4.99 Å². The van der Waals surface area contributed by atoms with Crippen LogP contribution >= 0.6 is 24.0 Å². The second-order valence-corrected chi connectivity index (χ2v) is 7.04. The Labute approximate surface area is 194 Å². The summed E-state index contributed by atoms with van der Waals surface area (Å²) in [6.07, 6.45) is 0. The Balaban J connectivity index is 0.00000450. The minimum atomic E-state index is -2.86. The van der Waals surface area contributed by atoms with Crippen LogP contribution in [0.2, 0.25) is 0 Å². The van der Waals surface area contributed by atoms with Crippen molar-refractivity contribution in [2.75, 3.05) is 20.6 Å². The first-order chi connectivity index (χ1) is 13.9. The molecule has 2 rings (SSSR count). The van der Waals surface area contributed by atoms with Gasteiger partial charge in [-0.1, -0.05) is 42.0 Å². The first kappa shape index (κ1) is 26.1. The molecule has 0 atom stereocenters. The van der Waals surface area contributed by atoms with Crippen molar-refractivity contribution in [2.45, 2.75) is 40.1 Å². The maximum absolute atomic E-state index is 12.7. The molecule has 0 unspecified atom stereocenters. The van der Waals surface area contributed by atoms with E-state index < -0.39 is 6.61 Å². The summed E-state index contributed by atoms with van der Waals surface area (Å²) in [4.78, 5) is 6.68. The zero-order valence-corrected chi connectivity index (χ0v) is 20.2. The lowest BCUT2D eigenvalue weighted by Crippen LogP contribution is -2.37. The van der Waals surface area contributed by atoms with E-state index in [1.54, 1.807) is 12.1 Å². The fourth-order valence-electron chi connectivity index (χ4n) is 2.95. The lowest BCUT2D eigenvalue weighted by molar-refractivity contribution is -0.0504. The number of hydrogen-bond acceptors (Lipinski definition) is 3. The molecule has 0 bridgehead atoms. The standard InChI is InChI=1S/C22H30F2N4O.HI/c1-5-25-22(26-13-17-8-6-7-9-18(17)15-28(3)4)27-14-19-12-16(2)10-11-20(19)29-21(23)24;/h6-12,21H,5,13-15H2,1-4H3,(H2,25,26,27);1H. The molecule has 0 aromatic heterocycles. The van der Waals surface area contributed by atoms with Crippen LogP contribution in [0.25, 0.3) is 0 Å². The fraction of sp³-hybridized carbons (Fsp3) is 0.409. The molecule has 0 amide bonds. The van der Waals surface area contributed by atoms with Gasteiger partial charge in [-0.05, 0) is 45.1 Å². The number of benzene rings is 2.